The van der Waals surface area contributed by atoms with Gasteiger partial charge in [0.15, 0.2) is 12.0 Å². The Morgan fingerprint density at radius 2 is 1.97 bits per heavy atom. The van der Waals surface area contributed by atoms with E-state index in [0.29, 0.717) is 17.8 Å². The van der Waals surface area contributed by atoms with E-state index in [1.54, 1.807) is 24.3 Å². The average Bonchev–Trinajstić information content (AvgIpc) is 2.86. The van der Waals surface area contributed by atoms with Crippen LogP contribution in [0.2, 0.25) is 0 Å². The van der Waals surface area contributed by atoms with Gasteiger partial charge in [-0.25, -0.2) is 9.89 Å². The minimum absolute atomic E-state index is 0.0249. The number of carbonyl (C=O) groups excluding carboxylic acids is 2. The molecule has 1 saturated heterocycles. The Hall–Kier alpha value is -3.70. The van der Waals surface area contributed by atoms with Crippen molar-refractivity contribution in [2.24, 2.45) is 16.6 Å². The van der Waals surface area contributed by atoms with Crippen LogP contribution in [0.3, 0.4) is 0 Å². The Balaban J connectivity index is 1.45. The molecule has 0 radical (unpaired) electrons. The summed E-state index contributed by atoms with van der Waals surface area (Å²) in [7, 11) is 0. The maximum Gasteiger partial charge on any atom is 0.234 e. The van der Waals surface area contributed by atoms with Crippen LogP contribution in [-0.2, 0) is 11.2 Å². The molecule has 2 aliphatic rings. The topological polar surface area (TPSA) is 115 Å². The molecule has 1 aliphatic heterocycles. The first-order valence-electron chi connectivity index (χ1n) is 12.6. The number of nitriles is 1. The van der Waals surface area contributed by atoms with Crippen LogP contribution in [-0.4, -0.2) is 54.3 Å². The SMILES string of the molecule is CC(=O)c1cccc(N(C#N)C(N)=N[C@@H]2CCCC[C@H]2CN2CC(=O)NC(Cc3ccccc3)C2)c1. The molecule has 3 N–H and O–H groups in total. The lowest BCUT2D eigenvalue weighted by atomic mass is 9.84. The molecule has 3 atom stereocenters. The van der Waals surface area contributed by atoms with E-state index in [1.165, 1.54) is 17.4 Å². The van der Waals surface area contributed by atoms with E-state index in [4.69, 9.17) is 10.7 Å². The number of ketones is 1. The van der Waals surface area contributed by atoms with Gasteiger partial charge in [0, 0.05) is 24.7 Å². The lowest BCUT2D eigenvalue weighted by Crippen LogP contribution is -2.56. The second-order valence-corrected chi connectivity index (χ2v) is 9.79. The van der Waals surface area contributed by atoms with E-state index >= 15 is 0 Å². The Morgan fingerprint density at radius 3 is 2.72 bits per heavy atom. The smallest absolute Gasteiger partial charge is 0.234 e. The fraction of sp³-hybridized carbons (Fsp3) is 0.429. The molecule has 2 fully saturated rings. The van der Waals surface area contributed by atoms with E-state index in [9.17, 15) is 14.9 Å². The summed E-state index contributed by atoms with van der Waals surface area (Å²) in [4.78, 5) is 32.6. The number of amides is 1. The first-order valence-corrected chi connectivity index (χ1v) is 12.6. The molecule has 1 unspecified atom stereocenters. The predicted octanol–water partition coefficient (Wildman–Crippen LogP) is 3.09. The number of nitrogens with two attached hydrogens (primary N) is 1. The fourth-order valence-corrected chi connectivity index (χ4v) is 5.29. The Bertz CT molecular complexity index is 1140. The summed E-state index contributed by atoms with van der Waals surface area (Å²) >= 11 is 0. The summed E-state index contributed by atoms with van der Waals surface area (Å²) in [5.74, 6) is 0.366. The highest BCUT2D eigenvalue weighted by Gasteiger charge is 2.31. The van der Waals surface area contributed by atoms with Crippen molar-refractivity contribution in [3.8, 4) is 6.19 Å². The molecule has 2 aromatic rings. The molecule has 4 rings (SSSR count). The number of piperazine rings is 1. The second-order valence-electron chi connectivity index (χ2n) is 9.79. The number of guanidine groups is 1. The molecule has 8 heteroatoms. The number of aliphatic imine (C=N–C) groups is 1. The van der Waals surface area contributed by atoms with Crippen LogP contribution in [0.15, 0.2) is 59.6 Å². The minimum Gasteiger partial charge on any atom is -0.369 e. The van der Waals surface area contributed by atoms with Crippen molar-refractivity contribution < 1.29 is 9.59 Å². The number of carbonyl (C=O) groups is 2. The van der Waals surface area contributed by atoms with Crippen LogP contribution in [0, 0.1) is 17.4 Å². The van der Waals surface area contributed by atoms with Gasteiger partial charge in [-0.1, -0.05) is 55.3 Å². The summed E-state index contributed by atoms with van der Waals surface area (Å²) in [5, 5.41) is 12.9. The third kappa shape index (κ3) is 6.49. The van der Waals surface area contributed by atoms with Gasteiger partial charge in [-0.15, -0.1) is 0 Å². The molecule has 36 heavy (non-hydrogen) atoms. The first-order chi connectivity index (χ1) is 17.4. The zero-order chi connectivity index (χ0) is 25.5. The number of Topliss-reactive ketones (excluding diaryl/α,β-unsaturated/α-hetero) is 1. The molecule has 1 saturated carbocycles. The van der Waals surface area contributed by atoms with Gasteiger partial charge in [0.1, 0.15) is 0 Å². The molecule has 0 bridgehead atoms. The third-order valence-corrected chi connectivity index (χ3v) is 7.04. The van der Waals surface area contributed by atoms with Gasteiger partial charge in [-0.3, -0.25) is 14.5 Å². The summed E-state index contributed by atoms with van der Waals surface area (Å²) in [5.41, 5.74) is 8.59. The van der Waals surface area contributed by atoms with Crippen molar-refractivity contribution >= 4 is 23.3 Å². The van der Waals surface area contributed by atoms with Crippen LogP contribution in [0.4, 0.5) is 5.69 Å². The Labute approximate surface area is 212 Å². The summed E-state index contributed by atoms with van der Waals surface area (Å²) < 4.78 is 0. The van der Waals surface area contributed by atoms with Crippen LogP contribution in [0.25, 0.3) is 0 Å². The Morgan fingerprint density at radius 1 is 1.19 bits per heavy atom. The van der Waals surface area contributed by atoms with Crippen LogP contribution >= 0.6 is 0 Å². The van der Waals surface area contributed by atoms with E-state index in [0.717, 1.165) is 45.2 Å². The summed E-state index contributed by atoms with van der Waals surface area (Å²) in [6, 6.07) is 17.1. The van der Waals surface area contributed by atoms with E-state index < -0.39 is 0 Å². The van der Waals surface area contributed by atoms with Crippen molar-refractivity contribution in [3.63, 3.8) is 0 Å². The maximum absolute atomic E-state index is 12.5. The van der Waals surface area contributed by atoms with Crippen molar-refractivity contribution in [3.05, 3.63) is 65.7 Å². The van der Waals surface area contributed by atoms with Crippen molar-refractivity contribution in [1.82, 2.24) is 10.2 Å². The highest BCUT2D eigenvalue weighted by atomic mass is 16.2. The van der Waals surface area contributed by atoms with Crippen LogP contribution in [0.1, 0.15) is 48.5 Å². The average molecular weight is 487 g/mol. The normalized spacial score (nSPS) is 22.9. The van der Waals surface area contributed by atoms with Crippen molar-refractivity contribution in [1.29, 1.82) is 5.26 Å². The van der Waals surface area contributed by atoms with Crippen LogP contribution < -0.4 is 16.0 Å². The lowest BCUT2D eigenvalue weighted by Gasteiger charge is -2.38. The molecule has 1 aliphatic carbocycles. The molecular formula is C28H34N6O2. The van der Waals surface area contributed by atoms with Crippen molar-refractivity contribution in [2.45, 2.75) is 51.1 Å². The molecular weight excluding hydrogens is 452 g/mol. The number of hydrogen-bond donors (Lipinski definition) is 2. The number of hydrogen-bond acceptors (Lipinski definition) is 5. The lowest BCUT2D eigenvalue weighted by molar-refractivity contribution is -0.125. The quantitative estimate of drug-likeness (QED) is 0.204. The van der Waals surface area contributed by atoms with Gasteiger partial charge >= 0.3 is 0 Å². The second kappa shape index (κ2) is 11.8. The molecule has 1 amide bonds. The number of anilines is 1. The van der Waals surface area contributed by atoms with Gasteiger partial charge in [-0.2, -0.15) is 5.26 Å². The number of nitrogens with one attached hydrogen (secondary N) is 1. The molecule has 8 nitrogen and oxygen atoms in total. The molecule has 0 aromatic heterocycles. The first kappa shape index (κ1) is 25.4. The monoisotopic (exact) mass is 486 g/mol. The highest BCUT2D eigenvalue weighted by molar-refractivity contribution is 6.00. The largest absolute Gasteiger partial charge is 0.369 e. The molecule has 188 valence electrons. The van der Waals surface area contributed by atoms with Gasteiger partial charge in [0.2, 0.25) is 11.9 Å². The number of nitrogens with zero attached hydrogens (tertiary/aromatic N) is 4. The van der Waals surface area contributed by atoms with E-state index in [1.807, 2.05) is 18.2 Å². The van der Waals surface area contributed by atoms with E-state index in [2.05, 4.69) is 28.5 Å². The van der Waals surface area contributed by atoms with Crippen LogP contribution in [0.5, 0.6) is 0 Å². The summed E-state index contributed by atoms with van der Waals surface area (Å²) in [6.45, 7) is 3.44. The maximum atomic E-state index is 12.5. The zero-order valence-corrected chi connectivity index (χ0v) is 20.8. The highest BCUT2D eigenvalue weighted by Crippen LogP contribution is 2.29. The molecule has 1 heterocycles. The predicted molar refractivity (Wildman–Crippen MR) is 140 cm³/mol. The van der Waals surface area contributed by atoms with Gasteiger partial charge in [-0.05, 0) is 49.8 Å². The molecule has 0 spiro atoms. The van der Waals surface area contributed by atoms with Crippen molar-refractivity contribution in [2.75, 3.05) is 24.5 Å². The number of benzene rings is 2. The fourth-order valence-electron chi connectivity index (χ4n) is 5.29. The minimum atomic E-state index is -0.0752. The third-order valence-electron chi connectivity index (χ3n) is 7.04. The van der Waals surface area contributed by atoms with E-state index in [-0.39, 0.29) is 35.7 Å². The molecule has 2 aromatic carbocycles. The Kier molecular flexibility index (Phi) is 8.34. The van der Waals surface area contributed by atoms with Gasteiger partial charge < -0.3 is 11.1 Å². The number of rotatable bonds is 7. The summed E-state index contributed by atoms with van der Waals surface area (Å²) in [6.07, 6.45) is 6.99. The van der Waals surface area contributed by atoms with Gasteiger partial charge in [0.25, 0.3) is 0 Å². The standard InChI is InChI=1S/C28H34N6O2/c1-20(35)22-11-7-12-25(15-22)34(19-29)28(30)32-26-13-6-5-10-23(26)16-33-17-24(31-27(36)18-33)14-21-8-3-2-4-9-21/h2-4,7-9,11-12,15,23-24,26H,5-6,10,13-14,16-18H2,1H3,(H2,30,32)(H,31,36)/t23-,24?,26+/m0/s1. The van der Waals surface area contributed by atoms with Gasteiger partial charge in [0.05, 0.1) is 18.3 Å². The zero-order valence-electron chi connectivity index (χ0n) is 20.8.